The van der Waals surface area contributed by atoms with Gasteiger partial charge in [-0.25, -0.2) is 4.79 Å². The highest BCUT2D eigenvalue weighted by Crippen LogP contribution is 2.28. The number of hydrogen-bond donors (Lipinski definition) is 2. The minimum atomic E-state index is -0.866. The average Bonchev–Trinajstić information content (AvgIpc) is 2.38. The third kappa shape index (κ3) is 2.82. The molecule has 0 atom stereocenters. The van der Waals surface area contributed by atoms with Crippen molar-refractivity contribution >= 4 is 11.7 Å². The van der Waals surface area contributed by atoms with Crippen molar-refractivity contribution in [1.29, 1.82) is 0 Å². The number of aliphatic hydroxyl groups is 1. The van der Waals surface area contributed by atoms with Crippen molar-refractivity contribution in [3.63, 3.8) is 0 Å². The number of hydrogen-bond acceptors (Lipinski definition) is 3. The number of carboxylic acids is 1. The lowest BCUT2D eigenvalue weighted by atomic mass is 9.99. The molecule has 1 heterocycles. The monoisotopic (exact) mass is 249 g/mol. The Kier molecular flexibility index (Phi) is 4.20. The van der Waals surface area contributed by atoms with Crippen LogP contribution in [0.5, 0.6) is 0 Å². The van der Waals surface area contributed by atoms with Crippen molar-refractivity contribution in [2.75, 3.05) is 24.6 Å². The number of benzene rings is 1. The van der Waals surface area contributed by atoms with Gasteiger partial charge in [0.15, 0.2) is 0 Å². The van der Waals surface area contributed by atoms with E-state index >= 15 is 0 Å². The molecule has 4 nitrogen and oxygen atoms in total. The highest BCUT2D eigenvalue weighted by atomic mass is 16.4. The molecule has 0 aliphatic carbocycles. The van der Waals surface area contributed by atoms with Crippen molar-refractivity contribution < 1.29 is 15.0 Å². The van der Waals surface area contributed by atoms with Crippen LogP contribution >= 0.6 is 0 Å². The first kappa shape index (κ1) is 12.9. The lowest BCUT2D eigenvalue weighted by Gasteiger charge is -2.31. The number of fused-ring (bicyclic) bond motifs is 1. The number of nitrogens with zero attached hydrogens (tertiary/aromatic N) is 1. The van der Waals surface area contributed by atoms with E-state index in [0.29, 0.717) is 5.56 Å². The van der Waals surface area contributed by atoms with Crippen molar-refractivity contribution in [3.05, 3.63) is 29.3 Å². The van der Waals surface area contributed by atoms with Gasteiger partial charge >= 0.3 is 5.97 Å². The summed E-state index contributed by atoms with van der Waals surface area (Å²) in [5.74, 6) is -0.866. The Morgan fingerprint density at radius 3 is 2.89 bits per heavy atom. The molecule has 18 heavy (non-hydrogen) atoms. The van der Waals surface area contributed by atoms with Gasteiger partial charge in [-0.1, -0.05) is 0 Å². The zero-order valence-electron chi connectivity index (χ0n) is 10.4. The number of carbonyl (C=O) groups is 1. The highest BCUT2D eigenvalue weighted by molar-refractivity contribution is 5.88. The van der Waals surface area contributed by atoms with Crippen molar-refractivity contribution in [1.82, 2.24) is 0 Å². The van der Waals surface area contributed by atoms with Crippen LogP contribution in [-0.4, -0.2) is 35.9 Å². The minimum absolute atomic E-state index is 0.235. The molecule has 0 bridgehead atoms. The molecule has 0 fully saturated rings. The van der Waals surface area contributed by atoms with E-state index in [9.17, 15) is 4.79 Å². The van der Waals surface area contributed by atoms with Gasteiger partial charge in [0.05, 0.1) is 5.56 Å². The average molecular weight is 249 g/mol. The molecule has 0 saturated heterocycles. The number of aryl methyl sites for hydroxylation is 1. The quantitative estimate of drug-likeness (QED) is 0.783. The smallest absolute Gasteiger partial charge is 0.335 e. The summed E-state index contributed by atoms with van der Waals surface area (Å²) in [6.07, 6.45) is 3.80. The molecule has 1 aliphatic rings. The molecular weight excluding hydrogens is 230 g/mol. The number of rotatable bonds is 5. The van der Waals surface area contributed by atoms with E-state index < -0.39 is 5.97 Å². The maximum absolute atomic E-state index is 10.9. The largest absolute Gasteiger partial charge is 0.478 e. The van der Waals surface area contributed by atoms with Gasteiger partial charge < -0.3 is 15.1 Å². The summed E-state index contributed by atoms with van der Waals surface area (Å²) in [6, 6.07) is 5.37. The second kappa shape index (κ2) is 5.87. The molecule has 1 aliphatic heterocycles. The van der Waals surface area contributed by atoms with E-state index in [2.05, 4.69) is 4.90 Å². The molecule has 2 N–H and O–H groups in total. The van der Waals surface area contributed by atoms with Gasteiger partial charge in [0, 0.05) is 25.4 Å². The van der Waals surface area contributed by atoms with Gasteiger partial charge in [0.1, 0.15) is 0 Å². The highest BCUT2D eigenvalue weighted by Gasteiger charge is 2.17. The molecule has 0 radical (unpaired) electrons. The number of anilines is 1. The Bertz CT molecular complexity index is 431. The third-order valence-electron chi connectivity index (χ3n) is 3.38. The molecule has 0 aromatic heterocycles. The van der Waals surface area contributed by atoms with Gasteiger partial charge in [0.25, 0.3) is 0 Å². The zero-order valence-corrected chi connectivity index (χ0v) is 10.4. The van der Waals surface area contributed by atoms with Crippen molar-refractivity contribution in [2.24, 2.45) is 0 Å². The topological polar surface area (TPSA) is 60.8 Å². The normalized spacial score (nSPS) is 14.4. The Balaban J connectivity index is 2.14. The van der Waals surface area contributed by atoms with E-state index in [-0.39, 0.29) is 6.61 Å². The van der Waals surface area contributed by atoms with Crippen LogP contribution in [0, 0.1) is 0 Å². The fraction of sp³-hybridized carbons (Fsp3) is 0.500. The van der Waals surface area contributed by atoms with E-state index in [1.165, 1.54) is 0 Å². The number of carboxylic acid groups (broad SMARTS) is 1. The summed E-state index contributed by atoms with van der Waals surface area (Å²) in [7, 11) is 0. The van der Waals surface area contributed by atoms with Crippen LogP contribution in [0.3, 0.4) is 0 Å². The van der Waals surface area contributed by atoms with Crippen LogP contribution in [0.1, 0.15) is 35.2 Å². The van der Waals surface area contributed by atoms with Gasteiger partial charge in [-0.15, -0.1) is 0 Å². The SMILES string of the molecule is O=C(O)c1ccc2c(c1)CCCN2CCCCO. The fourth-order valence-electron chi connectivity index (χ4n) is 2.45. The van der Waals surface area contributed by atoms with Gasteiger partial charge in [-0.2, -0.15) is 0 Å². The lowest BCUT2D eigenvalue weighted by molar-refractivity contribution is 0.0696. The molecule has 0 spiro atoms. The third-order valence-corrected chi connectivity index (χ3v) is 3.38. The Labute approximate surface area is 107 Å². The summed E-state index contributed by atoms with van der Waals surface area (Å²) in [4.78, 5) is 13.2. The Morgan fingerprint density at radius 2 is 2.17 bits per heavy atom. The maximum atomic E-state index is 10.9. The summed E-state index contributed by atoms with van der Waals surface area (Å²) < 4.78 is 0. The van der Waals surface area contributed by atoms with Crippen LogP contribution in [0.4, 0.5) is 5.69 Å². The summed E-state index contributed by atoms with van der Waals surface area (Å²) in [5, 5.41) is 17.8. The molecule has 4 heteroatoms. The van der Waals surface area contributed by atoms with E-state index in [1.54, 1.807) is 12.1 Å². The van der Waals surface area contributed by atoms with E-state index in [0.717, 1.165) is 50.0 Å². The first-order valence-electron chi connectivity index (χ1n) is 6.44. The van der Waals surface area contributed by atoms with Gasteiger partial charge in [-0.05, 0) is 49.4 Å². The second-order valence-corrected chi connectivity index (χ2v) is 4.67. The van der Waals surface area contributed by atoms with E-state index in [4.69, 9.17) is 10.2 Å². The predicted molar refractivity (Wildman–Crippen MR) is 70.3 cm³/mol. The molecule has 0 amide bonds. The van der Waals surface area contributed by atoms with Crippen molar-refractivity contribution in [2.45, 2.75) is 25.7 Å². The second-order valence-electron chi connectivity index (χ2n) is 4.67. The van der Waals surface area contributed by atoms with Crippen molar-refractivity contribution in [3.8, 4) is 0 Å². The predicted octanol–water partition coefficient (Wildman–Crippen LogP) is 1.91. The minimum Gasteiger partial charge on any atom is -0.478 e. The zero-order chi connectivity index (χ0) is 13.0. The molecule has 98 valence electrons. The lowest BCUT2D eigenvalue weighted by Crippen LogP contribution is -2.30. The number of unbranched alkanes of at least 4 members (excludes halogenated alkanes) is 1. The summed E-state index contributed by atoms with van der Waals surface area (Å²) in [6.45, 7) is 2.18. The van der Waals surface area contributed by atoms with Crippen LogP contribution in [0.25, 0.3) is 0 Å². The molecule has 2 rings (SSSR count). The molecule has 1 aromatic rings. The molecular formula is C14H19NO3. The summed E-state index contributed by atoms with van der Waals surface area (Å²) >= 11 is 0. The first-order valence-corrected chi connectivity index (χ1v) is 6.44. The fourth-order valence-corrected chi connectivity index (χ4v) is 2.45. The van der Waals surface area contributed by atoms with Crippen LogP contribution in [0.15, 0.2) is 18.2 Å². The van der Waals surface area contributed by atoms with Crippen LogP contribution in [0.2, 0.25) is 0 Å². The number of aliphatic hydroxyl groups excluding tert-OH is 1. The summed E-state index contributed by atoms with van der Waals surface area (Å²) in [5.41, 5.74) is 2.65. The molecule has 0 unspecified atom stereocenters. The van der Waals surface area contributed by atoms with Crippen LogP contribution in [-0.2, 0) is 6.42 Å². The first-order chi connectivity index (χ1) is 8.72. The maximum Gasteiger partial charge on any atom is 0.335 e. The Morgan fingerprint density at radius 1 is 1.33 bits per heavy atom. The van der Waals surface area contributed by atoms with E-state index in [1.807, 2.05) is 6.07 Å². The van der Waals surface area contributed by atoms with Gasteiger partial charge in [-0.3, -0.25) is 0 Å². The van der Waals surface area contributed by atoms with Gasteiger partial charge in [0.2, 0.25) is 0 Å². The molecule has 0 saturated carbocycles. The Hall–Kier alpha value is -1.55. The number of aromatic carboxylic acids is 1. The van der Waals surface area contributed by atoms with Crippen LogP contribution < -0.4 is 4.90 Å². The molecule has 1 aromatic carbocycles. The standard InChI is InChI=1S/C14H19NO3/c16-9-2-1-7-15-8-3-4-11-10-12(14(17)18)5-6-13(11)15/h5-6,10,16H,1-4,7-9H2,(H,17,18).